The number of amides is 4. The normalized spacial score (nSPS) is 17.0. The Bertz CT molecular complexity index is 2240. The second-order valence-electron chi connectivity index (χ2n) is 15.9. The van der Waals surface area contributed by atoms with Crippen molar-refractivity contribution in [2.24, 2.45) is 10.8 Å². The third kappa shape index (κ3) is 21.4. The van der Waals surface area contributed by atoms with E-state index in [1.807, 2.05) is 5.32 Å². The number of ether oxygens (including phenoxy) is 7. The van der Waals surface area contributed by atoms with E-state index in [1.54, 1.807) is 107 Å². The van der Waals surface area contributed by atoms with Gasteiger partial charge < -0.3 is 54.2 Å². The summed E-state index contributed by atoms with van der Waals surface area (Å²) in [5.41, 5.74) is -0.106. The fourth-order valence-corrected chi connectivity index (χ4v) is 6.13. The first-order chi connectivity index (χ1) is 36.4. The first kappa shape index (κ1) is 38.9. The van der Waals surface area contributed by atoms with Gasteiger partial charge in [-0.05, 0) is 40.5 Å². The number of aliphatic hydroxyl groups excluding tert-OH is 1. The third-order valence-corrected chi connectivity index (χ3v) is 9.50. The second-order valence-corrected chi connectivity index (χ2v) is 15.9. The minimum absolute atomic E-state index is 0.0241. The molecule has 0 unspecified atom stereocenters. The second kappa shape index (κ2) is 29.4. The number of nitrogens with zero attached hydrogens (tertiary/aromatic N) is 2. The van der Waals surface area contributed by atoms with Crippen LogP contribution in [-0.2, 0) is 55.7 Å². The first-order valence-corrected chi connectivity index (χ1v) is 21.2. The van der Waals surface area contributed by atoms with Crippen molar-refractivity contribution in [3.05, 3.63) is 90.1 Å². The van der Waals surface area contributed by atoms with E-state index >= 15 is 0 Å². The zero-order chi connectivity index (χ0) is 58.4. The monoisotopic (exact) mass is 937 g/mol. The average molecular weight is 937 g/mol. The van der Waals surface area contributed by atoms with Gasteiger partial charge in [0.1, 0.15) is 18.7 Å². The highest BCUT2D eigenvalue weighted by atomic mass is 16.6. The van der Waals surface area contributed by atoms with Crippen molar-refractivity contribution in [3.63, 3.8) is 0 Å². The maximum atomic E-state index is 14.8. The molecule has 4 atom stereocenters. The van der Waals surface area contributed by atoms with Crippen LogP contribution in [0.2, 0.25) is 0 Å². The Hall–Kier alpha value is -5.21. The fraction of sp³-hybridized carbons (Fsp3) is 0.562. The summed E-state index contributed by atoms with van der Waals surface area (Å²) in [6, 6.07) is 14.3. The summed E-state index contributed by atoms with van der Waals surface area (Å²) in [5, 5.41) is 20.0. The molecule has 66 heavy (non-hydrogen) atoms. The summed E-state index contributed by atoms with van der Waals surface area (Å²) in [5.74, 6) is -2.57. The summed E-state index contributed by atoms with van der Waals surface area (Å²) in [6.07, 6.45) is -3.53. The maximum Gasteiger partial charge on any atom is 0.407 e. The topological polar surface area (TPSA) is 217 Å². The lowest BCUT2D eigenvalue weighted by atomic mass is 9.85. The highest BCUT2D eigenvalue weighted by Crippen LogP contribution is 2.23. The number of hydrogen-bond acceptors (Lipinski definition) is 14. The summed E-state index contributed by atoms with van der Waals surface area (Å²) in [4.78, 5) is 59.5. The Morgan fingerprint density at radius 3 is 1.82 bits per heavy atom. The van der Waals surface area contributed by atoms with Gasteiger partial charge in [0.25, 0.3) is 5.91 Å². The van der Waals surface area contributed by atoms with Crippen LogP contribution in [0.1, 0.15) is 68.9 Å². The average Bonchev–Trinajstić information content (AvgIpc) is 3.54. The fourth-order valence-electron chi connectivity index (χ4n) is 6.13. The molecule has 3 aromatic rings. The number of carbonyl (C=O) groups is 4. The van der Waals surface area contributed by atoms with Crippen LogP contribution >= 0.6 is 0 Å². The van der Waals surface area contributed by atoms with Crippen LogP contribution in [0.25, 0.3) is 11.3 Å². The van der Waals surface area contributed by atoms with Gasteiger partial charge in [0, 0.05) is 44.3 Å². The van der Waals surface area contributed by atoms with Crippen molar-refractivity contribution in [2.45, 2.75) is 78.5 Å². The number of benzene rings is 2. The van der Waals surface area contributed by atoms with E-state index in [0.29, 0.717) is 43.2 Å². The highest BCUT2D eigenvalue weighted by Gasteiger charge is 2.37. The molecule has 0 aliphatic carbocycles. The predicted octanol–water partition coefficient (Wildman–Crippen LogP) is 4.29. The van der Waals surface area contributed by atoms with Gasteiger partial charge in [-0.25, -0.2) is 14.6 Å². The molecule has 1 heterocycles. The number of aliphatic hydroxyl groups is 1. The molecular weight excluding hydrogens is 853 g/mol. The zero-order valence-corrected chi connectivity index (χ0v) is 37.8. The van der Waals surface area contributed by atoms with E-state index < -0.39 is 99.8 Å². The van der Waals surface area contributed by atoms with Gasteiger partial charge in [0.2, 0.25) is 5.91 Å². The molecule has 4 amide bonds. The number of nitrogens with one attached hydrogen (secondary N) is 4. The van der Waals surface area contributed by atoms with Gasteiger partial charge in [-0.3, -0.25) is 20.0 Å². The lowest BCUT2D eigenvalue weighted by Gasteiger charge is -2.35. The Kier molecular flexibility index (Phi) is 17.3. The van der Waals surface area contributed by atoms with Crippen LogP contribution in [0, 0.1) is 10.8 Å². The van der Waals surface area contributed by atoms with Crippen LogP contribution in [0.4, 0.5) is 9.59 Å². The molecule has 0 aliphatic heterocycles. The van der Waals surface area contributed by atoms with Gasteiger partial charge in [-0.1, -0.05) is 102 Å². The van der Waals surface area contributed by atoms with Crippen molar-refractivity contribution < 1.29 is 73.9 Å². The summed E-state index contributed by atoms with van der Waals surface area (Å²) < 4.78 is 134. The van der Waals surface area contributed by atoms with Gasteiger partial charge in [0.05, 0.1) is 88.5 Å². The van der Waals surface area contributed by atoms with Crippen LogP contribution in [0.3, 0.4) is 0 Å². The van der Waals surface area contributed by atoms with Crippen LogP contribution in [0.5, 0.6) is 0 Å². The SMILES string of the molecule is [2H]C([2H])([2H])OC(=O)N[C@H](C(=O)NN(Cc1ccc(-c2ccccn2)cc1)C[C@H](O)[C@H](Cc1ccccc1)NC(=O)[C@@H](NC(=O)OCCOCCOCCOCCOCCOC)C(C([2H])([2H])[2H])(C([2H])([2H])[2H])C([2H])([2H])[2H])C(C)(C)C. The molecule has 0 radical (unpaired) electrons. The number of pyridine rings is 1. The lowest BCUT2D eigenvalue weighted by Crippen LogP contribution is -2.61. The van der Waals surface area contributed by atoms with Crippen molar-refractivity contribution in [3.8, 4) is 11.3 Å². The number of hydrazine groups is 1. The minimum atomic E-state index is -4.03. The smallest absolute Gasteiger partial charge is 0.407 e. The molecule has 3 rings (SSSR count). The van der Waals surface area contributed by atoms with Crippen molar-refractivity contribution in [2.75, 3.05) is 86.8 Å². The van der Waals surface area contributed by atoms with Gasteiger partial charge in [0.15, 0.2) is 0 Å². The minimum Gasteiger partial charge on any atom is -0.453 e. The number of rotatable bonds is 29. The Labute approximate surface area is 406 Å². The quantitative estimate of drug-likeness (QED) is 0.0485. The molecule has 0 fully saturated rings. The predicted molar refractivity (Wildman–Crippen MR) is 248 cm³/mol. The highest BCUT2D eigenvalue weighted by molar-refractivity contribution is 5.87. The van der Waals surface area contributed by atoms with Crippen molar-refractivity contribution in [1.29, 1.82) is 0 Å². The van der Waals surface area contributed by atoms with Crippen molar-refractivity contribution in [1.82, 2.24) is 31.4 Å². The molecule has 0 bridgehead atoms. The van der Waals surface area contributed by atoms with E-state index in [0.717, 1.165) is 5.56 Å². The van der Waals surface area contributed by atoms with E-state index in [-0.39, 0.29) is 46.0 Å². The summed E-state index contributed by atoms with van der Waals surface area (Å²) in [7, 11) is -1.60. The van der Waals surface area contributed by atoms with Crippen LogP contribution in [0.15, 0.2) is 79.0 Å². The first-order valence-electron chi connectivity index (χ1n) is 27.2. The van der Waals surface area contributed by atoms with Gasteiger partial charge in [-0.15, -0.1) is 0 Å². The van der Waals surface area contributed by atoms with Crippen LogP contribution < -0.4 is 21.4 Å². The molecule has 1 aromatic heterocycles. The van der Waals surface area contributed by atoms with Crippen LogP contribution in [-0.4, -0.2) is 150 Å². The molecule has 366 valence electrons. The molecule has 18 nitrogen and oxygen atoms in total. The molecule has 0 saturated heterocycles. The summed E-state index contributed by atoms with van der Waals surface area (Å²) >= 11 is 0. The summed E-state index contributed by atoms with van der Waals surface area (Å²) in [6.45, 7) is -6.72. The van der Waals surface area contributed by atoms with Crippen molar-refractivity contribution >= 4 is 24.0 Å². The number of carbonyl (C=O) groups excluding carboxylic acids is 4. The molecule has 0 saturated carbocycles. The number of hydrogen-bond donors (Lipinski definition) is 5. The molecular formula is C48H72N6O12. The number of methoxy groups -OCH3 is 2. The largest absolute Gasteiger partial charge is 0.453 e. The van der Waals surface area contributed by atoms with E-state index in [1.165, 1.54) is 5.01 Å². The van der Waals surface area contributed by atoms with Gasteiger partial charge in [-0.2, -0.15) is 0 Å². The number of aromatic nitrogens is 1. The Balaban J connectivity index is 1.97. The number of alkyl carbamates (subject to hydrolysis) is 2. The van der Waals surface area contributed by atoms with E-state index in [9.17, 15) is 24.3 Å². The molecule has 5 N–H and O–H groups in total. The molecule has 2 aromatic carbocycles. The molecule has 0 spiro atoms. The lowest BCUT2D eigenvalue weighted by molar-refractivity contribution is -0.132. The van der Waals surface area contributed by atoms with E-state index in [4.69, 9.17) is 44.9 Å². The third-order valence-electron chi connectivity index (χ3n) is 9.50. The zero-order valence-electron chi connectivity index (χ0n) is 49.8. The van der Waals surface area contributed by atoms with E-state index in [2.05, 4.69) is 25.8 Å². The standard InChI is InChI=1S/C48H72N6O12/c1-47(2,3)41(52-46(59)66-31-30-65-29-28-64-27-26-63-25-24-62-23-22-60-7)43(56)50-39(32-35-14-10-9-11-15-35)40(55)34-54(53-44(57)42(48(4,5)6)51-45(58)61-8)33-36-17-19-37(20-18-36)38-16-12-13-21-49-38/h9-21,39-42,55H,22-34H2,1-8H3,(H,50,56)(H,51,58)(H,52,59)(H,53,57)/t39-,40-,41+,42+/m0/s1/i1D3,2D3,3D3,8D3. The Morgan fingerprint density at radius 2 is 1.26 bits per heavy atom. The molecule has 18 heteroatoms. The molecule has 0 aliphatic rings. The van der Waals surface area contributed by atoms with Gasteiger partial charge >= 0.3 is 12.2 Å². The Morgan fingerprint density at radius 1 is 0.682 bits per heavy atom. The maximum absolute atomic E-state index is 14.8.